The van der Waals surface area contributed by atoms with Crippen molar-refractivity contribution >= 4 is 24.0 Å². The molecule has 1 aliphatic rings. The van der Waals surface area contributed by atoms with Crippen molar-refractivity contribution in [3.8, 4) is 5.75 Å². The predicted octanol–water partition coefficient (Wildman–Crippen LogP) is 4.97. The summed E-state index contributed by atoms with van der Waals surface area (Å²) >= 11 is 0. The van der Waals surface area contributed by atoms with E-state index in [4.69, 9.17) is 9.72 Å². The lowest BCUT2D eigenvalue weighted by Gasteiger charge is -2.35. The van der Waals surface area contributed by atoms with Gasteiger partial charge in [0, 0.05) is 37.1 Å². The molecule has 3 aromatic heterocycles. The number of pyridine rings is 2. The number of imidazole rings is 1. The Morgan fingerprint density at radius 2 is 1.94 bits per heavy atom. The van der Waals surface area contributed by atoms with Gasteiger partial charge in [-0.2, -0.15) is 0 Å². The van der Waals surface area contributed by atoms with Crippen LogP contribution >= 0.6 is 12.4 Å². The normalized spacial score (nSPS) is 16.1. The molecule has 4 rings (SSSR count). The molecule has 0 saturated carbocycles. The largest absolute Gasteiger partial charge is 0.491 e. The zero-order chi connectivity index (χ0) is 22.0. The SMILES string of the molecule is CCOc1ccc(CC)nc1C(=O)N1CCCC[C@H]1Cc1cn2ccc(C)c(C)c2n1.Cl. The Balaban J connectivity index is 0.00000289. The third-order valence-electron chi connectivity index (χ3n) is 6.31. The van der Waals surface area contributed by atoms with Gasteiger partial charge in [0.05, 0.1) is 12.3 Å². The molecule has 32 heavy (non-hydrogen) atoms. The molecule has 0 aromatic carbocycles. The van der Waals surface area contributed by atoms with Gasteiger partial charge in [0.2, 0.25) is 0 Å². The van der Waals surface area contributed by atoms with Gasteiger partial charge < -0.3 is 14.0 Å². The van der Waals surface area contributed by atoms with E-state index in [9.17, 15) is 4.79 Å². The summed E-state index contributed by atoms with van der Waals surface area (Å²) in [5.74, 6) is 0.548. The molecule has 0 bridgehead atoms. The zero-order valence-electron chi connectivity index (χ0n) is 19.4. The van der Waals surface area contributed by atoms with Gasteiger partial charge in [0.15, 0.2) is 11.4 Å². The van der Waals surface area contributed by atoms with Crippen molar-refractivity contribution in [1.82, 2.24) is 19.3 Å². The smallest absolute Gasteiger partial charge is 0.276 e. The van der Waals surface area contributed by atoms with E-state index in [1.807, 2.05) is 30.9 Å². The first-order valence-electron chi connectivity index (χ1n) is 11.4. The summed E-state index contributed by atoms with van der Waals surface area (Å²) in [7, 11) is 0. The van der Waals surface area contributed by atoms with Crippen LogP contribution in [0.5, 0.6) is 5.75 Å². The van der Waals surface area contributed by atoms with Crippen molar-refractivity contribution in [3.05, 3.63) is 58.8 Å². The number of nitrogens with zero attached hydrogens (tertiary/aromatic N) is 4. The van der Waals surface area contributed by atoms with E-state index < -0.39 is 0 Å². The van der Waals surface area contributed by atoms with Gasteiger partial charge in [0.1, 0.15) is 5.65 Å². The average molecular weight is 457 g/mol. The molecule has 0 unspecified atom stereocenters. The first kappa shape index (κ1) is 24.1. The highest BCUT2D eigenvalue weighted by molar-refractivity contribution is 5.95. The van der Waals surface area contributed by atoms with E-state index in [1.54, 1.807) is 0 Å². The number of aromatic nitrogens is 3. The molecule has 7 heteroatoms. The van der Waals surface area contributed by atoms with E-state index >= 15 is 0 Å². The lowest BCUT2D eigenvalue weighted by molar-refractivity contribution is 0.0601. The summed E-state index contributed by atoms with van der Waals surface area (Å²) < 4.78 is 7.83. The third-order valence-corrected chi connectivity index (χ3v) is 6.31. The number of likely N-dealkylation sites (tertiary alicyclic amines) is 1. The van der Waals surface area contributed by atoms with Crippen molar-refractivity contribution < 1.29 is 9.53 Å². The summed E-state index contributed by atoms with van der Waals surface area (Å²) in [6.07, 6.45) is 8.82. The quantitative estimate of drug-likeness (QED) is 0.525. The highest BCUT2D eigenvalue weighted by Crippen LogP contribution is 2.26. The number of amides is 1. The minimum absolute atomic E-state index is 0. The summed E-state index contributed by atoms with van der Waals surface area (Å²) in [6, 6.07) is 6.06. The Kier molecular flexibility index (Phi) is 7.77. The van der Waals surface area contributed by atoms with Crippen LogP contribution in [-0.2, 0) is 12.8 Å². The van der Waals surface area contributed by atoms with Crippen LogP contribution in [0.15, 0.2) is 30.6 Å². The fourth-order valence-electron chi connectivity index (χ4n) is 4.39. The number of ether oxygens (including phenoxy) is 1. The second-order valence-corrected chi connectivity index (χ2v) is 8.38. The van der Waals surface area contributed by atoms with Crippen LogP contribution in [0.4, 0.5) is 0 Å². The van der Waals surface area contributed by atoms with Crippen LogP contribution in [0.3, 0.4) is 0 Å². The minimum Gasteiger partial charge on any atom is -0.491 e. The Labute approximate surface area is 196 Å². The molecule has 4 heterocycles. The number of rotatable bonds is 6. The number of hydrogen-bond donors (Lipinski definition) is 0. The molecule has 0 radical (unpaired) electrons. The summed E-state index contributed by atoms with van der Waals surface area (Å²) in [5.41, 5.74) is 5.82. The molecular formula is C25H33ClN4O2. The lowest BCUT2D eigenvalue weighted by Crippen LogP contribution is -2.45. The number of halogens is 1. The number of carbonyl (C=O) groups is 1. The second kappa shape index (κ2) is 10.3. The maximum absolute atomic E-state index is 13.6. The third kappa shape index (κ3) is 4.75. The number of fused-ring (bicyclic) bond motifs is 1. The Bertz CT molecular complexity index is 1090. The van der Waals surface area contributed by atoms with Gasteiger partial charge in [-0.05, 0) is 75.8 Å². The van der Waals surface area contributed by atoms with Crippen LogP contribution in [-0.4, -0.2) is 44.4 Å². The van der Waals surface area contributed by atoms with Crippen molar-refractivity contribution in [2.45, 2.75) is 65.8 Å². The molecule has 172 valence electrons. The molecule has 0 N–H and O–H groups in total. The fourth-order valence-corrected chi connectivity index (χ4v) is 4.39. The maximum Gasteiger partial charge on any atom is 0.276 e. The van der Waals surface area contributed by atoms with Crippen LogP contribution in [0.25, 0.3) is 5.65 Å². The van der Waals surface area contributed by atoms with Crippen molar-refractivity contribution in [3.63, 3.8) is 0 Å². The molecular weight excluding hydrogens is 424 g/mol. The van der Waals surface area contributed by atoms with Crippen molar-refractivity contribution in [2.24, 2.45) is 0 Å². The number of piperidine rings is 1. The molecule has 1 saturated heterocycles. The van der Waals surface area contributed by atoms with Gasteiger partial charge in [-0.25, -0.2) is 9.97 Å². The van der Waals surface area contributed by atoms with Crippen LogP contribution in [0, 0.1) is 13.8 Å². The summed E-state index contributed by atoms with van der Waals surface area (Å²) in [4.78, 5) is 25.1. The topological polar surface area (TPSA) is 59.7 Å². The van der Waals surface area contributed by atoms with E-state index in [0.717, 1.165) is 55.7 Å². The van der Waals surface area contributed by atoms with Gasteiger partial charge in [-0.15, -0.1) is 12.4 Å². The lowest BCUT2D eigenvalue weighted by atomic mass is 9.97. The summed E-state index contributed by atoms with van der Waals surface area (Å²) in [6.45, 7) is 9.46. The number of hydrogen-bond acceptors (Lipinski definition) is 4. The molecule has 1 fully saturated rings. The summed E-state index contributed by atoms with van der Waals surface area (Å²) in [5, 5.41) is 0. The standard InChI is InChI=1S/C25H32N4O2.ClH/c1-5-19-10-11-22(31-6-2)23(26-19)25(30)29-13-8-7-9-21(29)15-20-16-28-14-12-17(3)18(4)24(28)27-20;/h10-12,14,16,21H,5-9,13,15H2,1-4H3;1H/t21-;/m0./s1. The highest BCUT2D eigenvalue weighted by atomic mass is 35.5. The Hall–Kier alpha value is -2.60. The van der Waals surface area contributed by atoms with Gasteiger partial charge in [0.25, 0.3) is 5.91 Å². The van der Waals surface area contributed by atoms with Crippen LogP contribution in [0.2, 0.25) is 0 Å². The molecule has 0 aliphatic carbocycles. The van der Waals surface area contributed by atoms with Gasteiger partial charge >= 0.3 is 0 Å². The number of carbonyl (C=O) groups excluding carboxylic acids is 1. The van der Waals surface area contributed by atoms with E-state index in [1.165, 1.54) is 11.1 Å². The monoisotopic (exact) mass is 456 g/mol. The highest BCUT2D eigenvalue weighted by Gasteiger charge is 2.31. The molecule has 1 aliphatic heterocycles. The van der Waals surface area contributed by atoms with E-state index in [2.05, 4.69) is 41.7 Å². The number of aryl methyl sites for hydroxylation is 3. The maximum atomic E-state index is 13.6. The average Bonchev–Trinajstić information content (AvgIpc) is 3.20. The first-order chi connectivity index (χ1) is 15.0. The molecule has 3 aromatic rings. The van der Waals surface area contributed by atoms with Crippen molar-refractivity contribution in [1.29, 1.82) is 0 Å². The first-order valence-corrected chi connectivity index (χ1v) is 11.4. The molecule has 0 spiro atoms. The predicted molar refractivity (Wildman–Crippen MR) is 129 cm³/mol. The van der Waals surface area contributed by atoms with E-state index in [-0.39, 0.29) is 24.4 Å². The van der Waals surface area contributed by atoms with Gasteiger partial charge in [-0.3, -0.25) is 4.79 Å². The van der Waals surface area contributed by atoms with Crippen molar-refractivity contribution in [2.75, 3.05) is 13.2 Å². The van der Waals surface area contributed by atoms with Crippen LogP contribution in [0.1, 0.15) is 66.1 Å². The fraction of sp³-hybridized carbons (Fsp3) is 0.480. The Morgan fingerprint density at radius 3 is 2.69 bits per heavy atom. The molecule has 1 amide bonds. The molecule has 6 nitrogen and oxygen atoms in total. The Morgan fingerprint density at radius 1 is 1.12 bits per heavy atom. The minimum atomic E-state index is -0.0285. The zero-order valence-corrected chi connectivity index (χ0v) is 20.2. The second-order valence-electron chi connectivity index (χ2n) is 8.38. The van der Waals surface area contributed by atoms with E-state index in [0.29, 0.717) is 18.1 Å². The van der Waals surface area contributed by atoms with Gasteiger partial charge in [-0.1, -0.05) is 6.92 Å². The molecule has 1 atom stereocenters. The van der Waals surface area contributed by atoms with Crippen LogP contribution < -0.4 is 4.74 Å².